The summed E-state index contributed by atoms with van der Waals surface area (Å²) in [5.41, 5.74) is 6.27. The van der Waals surface area contributed by atoms with Crippen LogP contribution in [-0.2, 0) is 20.9 Å². The summed E-state index contributed by atoms with van der Waals surface area (Å²) in [5.74, 6) is -1.49. The molecule has 0 aliphatic heterocycles. The molecule has 1 rings (SSSR count). The van der Waals surface area contributed by atoms with Crippen LogP contribution in [0.25, 0.3) is 0 Å². The maximum absolute atomic E-state index is 10.4. The van der Waals surface area contributed by atoms with Gasteiger partial charge in [0.2, 0.25) is 0 Å². The van der Waals surface area contributed by atoms with Crippen LogP contribution in [-0.4, -0.2) is 43.0 Å². The molecule has 0 saturated heterocycles. The predicted molar refractivity (Wildman–Crippen MR) is 70.5 cm³/mol. The van der Waals surface area contributed by atoms with E-state index < -0.39 is 18.1 Å². The Bertz CT molecular complexity index is 384. The molecule has 6 nitrogen and oxygen atoms in total. The van der Waals surface area contributed by atoms with Crippen LogP contribution in [0, 0.1) is 0 Å². The number of hydrogen-bond donors (Lipinski definition) is 2. The van der Waals surface area contributed by atoms with Gasteiger partial charge in [-0.1, -0.05) is 30.3 Å². The van der Waals surface area contributed by atoms with Crippen LogP contribution in [0.3, 0.4) is 0 Å². The highest BCUT2D eigenvalue weighted by Gasteiger charge is 2.15. The number of benzene rings is 1. The second-order valence-corrected chi connectivity index (χ2v) is 4.38. The van der Waals surface area contributed by atoms with Gasteiger partial charge in [-0.05, 0) is 12.0 Å². The fourth-order valence-corrected chi connectivity index (χ4v) is 1.49. The molecule has 0 amide bonds. The molecule has 0 aliphatic rings. The zero-order chi connectivity index (χ0) is 14.8. The van der Waals surface area contributed by atoms with Crippen molar-refractivity contribution in [3.63, 3.8) is 0 Å². The highest BCUT2D eigenvalue weighted by Crippen LogP contribution is 2.01. The molecular weight excluding hydrogens is 262 g/mol. The van der Waals surface area contributed by atoms with E-state index in [2.05, 4.69) is 0 Å². The Morgan fingerprint density at radius 3 is 2.55 bits per heavy atom. The van der Waals surface area contributed by atoms with Gasteiger partial charge in [0, 0.05) is 13.2 Å². The summed E-state index contributed by atoms with van der Waals surface area (Å²) in [6.45, 7) is 1.30. The van der Waals surface area contributed by atoms with Crippen molar-refractivity contribution < 1.29 is 24.5 Å². The standard InChI is InChI=1S/C14H21NO5/c15-13(14(17)18)12(16)10-20-8-4-7-19-9-11-5-2-1-3-6-11/h1-3,5-6,12-13,16H,4,7-10,15H2,(H,17,18)/p-1/t12-,13-/m1/s1. The lowest BCUT2D eigenvalue weighted by Crippen LogP contribution is -2.51. The number of aliphatic hydroxyl groups excluding tert-OH is 1. The number of nitrogens with two attached hydrogens (primary N) is 1. The monoisotopic (exact) mass is 282 g/mol. The van der Waals surface area contributed by atoms with Crippen LogP contribution < -0.4 is 10.8 Å². The van der Waals surface area contributed by atoms with Gasteiger partial charge < -0.3 is 30.2 Å². The molecule has 3 N–H and O–H groups in total. The van der Waals surface area contributed by atoms with Crippen LogP contribution >= 0.6 is 0 Å². The lowest BCUT2D eigenvalue weighted by molar-refractivity contribution is -0.309. The third-order valence-electron chi connectivity index (χ3n) is 2.66. The Morgan fingerprint density at radius 1 is 1.25 bits per heavy atom. The summed E-state index contributed by atoms with van der Waals surface area (Å²) in [6.07, 6.45) is -0.606. The van der Waals surface area contributed by atoms with Crippen LogP contribution in [0.4, 0.5) is 0 Å². The van der Waals surface area contributed by atoms with E-state index in [1.165, 1.54) is 0 Å². The Kier molecular flexibility index (Phi) is 7.82. The first-order valence-electron chi connectivity index (χ1n) is 6.45. The molecule has 0 aliphatic carbocycles. The van der Waals surface area contributed by atoms with Crippen LogP contribution in [0.5, 0.6) is 0 Å². The van der Waals surface area contributed by atoms with E-state index in [0.29, 0.717) is 26.2 Å². The minimum absolute atomic E-state index is 0.131. The summed E-state index contributed by atoms with van der Waals surface area (Å²) in [7, 11) is 0. The van der Waals surface area contributed by atoms with Gasteiger partial charge >= 0.3 is 0 Å². The third kappa shape index (κ3) is 6.63. The molecule has 20 heavy (non-hydrogen) atoms. The SMILES string of the molecule is N[C@@H](C(=O)[O-])[C@H](O)COCCCOCc1ccccc1. The second kappa shape index (κ2) is 9.44. The number of carbonyl (C=O) groups excluding carboxylic acids is 1. The molecule has 2 atom stereocenters. The number of rotatable bonds is 10. The van der Waals surface area contributed by atoms with Gasteiger partial charge in [-0.25, -0.2) is 0 Å². The van der Waals surface area contributed by atoms with Crippen molar-refractivity contribution >= 4 is 5.97 Å². The number of carbonyl (C=O) groups is 1. The largest absolute Gasteiger partial charge is 0.548 e. The summed E-state index contributed by atoms with van der Waals surface area (Å²) < 4.78 is 10.6. The molecule has 0 spiro atoms. The third-order valence-corrected chi connectivity index (χ3v) is 2.66. The average Bonchev–Trinajstić information content (AvgIpc) is 2.46. The van der Waals surface area contributed by atoms with Crippen molar-refractivity contribution in [2.24, 2.45) is 5.73 Å². The molecule has 0 radical (unpaired) electrons. The van der Waals surface area contributed by atoms with Gasteiger partial charge in [-0.2, -0.15) is 0 Å². The average molecular weight is 282 g/mol. The van der Waals surface area contributed by atoms with Crippen molar-refractivity contribution in [2.75, 3.05) is 19.8 Å². The lowest BCUT2D eigenvalue weighted by atomic mass is 10.2. The van der Waals surface area contributed by atoms with E-state index in [-0.39, 0.29) is 6.61 Å². The lowest BCUT2D eigenvalue weighted by Gasteiger charge is -2.19. The first-order chi connectivity index (χ1) is 9.61. The molecule has 0 saturated carbocycles. The van der Waals surface area contributed by atoms with E-state index in [9.17, 15) is 15.0 Å². The minimum Gasteiger partial charge on any atom is -0.548 e. The fourth-order valence-electron chi connectivity index (χ4n) is 1.49. The van der Waals surface area contributed by atoms with Crippen molar-refractivity contribution in [1.82, 2.24) is 0 Å². The summed E-state index contributed by atoms with van der Waals surface area (Å²) in [5, 5.41) is 19.7. The number of ether oxygens (including phenoxy) is 2. The van der Waals surface area contributed by atoms with Crippen molar-refractivity contribution in [1.29, 1.82) is 0 Å². The smallest absolute Gasteiger partial charge is 0.0977 e. The Morgan fingerprint density at radius 2 is 1.90 bits per heavy atom. The zero-order valence-electron chi connectivity index (χ0n) is 11.2. The Balaban J connectivity index is 1.99. The van der Waals surface area contributed by atoms with Crippen molar-refractivity contribution in [2.45, 2.75) is 25.2 Å². The topological polar surface area (TPSA) is 105 Å². The van der Waals surface area contributed by atoms with Crippen LogP contribution in [0.15, 0.2) is 30.3 Å². The van der Waals surface area contributed by atoms with E-state index in [4.69, 9.17) is 15.2 Å². The number of hydrogen-bond acceptors (Lipinski definition) is 6. The Hall–Kier alpha value is -1.47. The maximum atomic E-state index is 10.4. The first-order valence-corrected chi connectivity index (χ1v) is 6.45. The van der Waals surface area contributed by atoms with Crippen LogP contribution in [0.1, 0.15) is 12.0 Å². The van der Waals surface area contributed by atoms with Gasteiger partial charge in [0.15, 0.2) is 0 Å². The summed E-state index contributed by atoms with van der Waals surface area (Å²) in [4.78, 5) is 10.4. The maximum Gasteiger partial charge on any atom is 0.0977 e. The van der Waals surface area contributed by atoms with Crippen LogP contribution in [0.2, 0.25) is 0 Å². The molecule has 0 heterocycles. The molecule has 1 aromatic carbocycles. The minimum atomic E-state index is -1.49. The molecule has 0 fully saturated rings. The van der Waals surface area contributed by atoms with E-state index >= 15 is 0 Å². The van der Waals surface area contributed by atoms with E-state index in [1.54, 1.807) is 0 Å². The summed E-state index contributed by atoms with van der Waals surface area (Å²) >= 11 is 0. The second-order valence-electron chi connectivity index (χ2n) is 4.38. The van der Waals surface area contributed by atoms with Gasteiger partial charge in [-0.3, -0.25) is 0 Å². The first kappa shape index (κ1) is 16.6. The van der Waals surface area contributed by atoms with E-state index in [1.807, 2.05) is 30.3 Å². The van der Waals surface area contributed by atoms with Gasteiger partial charge in [0.25, 0.3) is 0 Å². The van der Waals surface area contributed by atoms with Gasteiger partial charge in [0.1, 0.15) is 0 Å². The molecule has 0 bridgehead atoms. The summed E-state index contributed by atoms with van der Waals surface area (Å²) in [6, 6.07) is 8.37. The number of aliphatic carboxylic acids is 1. The molecule has 1 aromatic rings. The predicted octanol–water partition coefficient (Wildman–Crippen LogP) is -0.952. The quantitative estimate of drug-likeness (QED) is 0.536. The fraction of sp³-hybridized carbons (Fsp3) is 0.500. The zero-order valence-corrected chi connectivity index (χ0v) is 11.2. The van der Waals surface area contributed by atoms with E-state index in [0.717, 1.165) is 5.56 Å². The molecular formula is C14H20NO5-. The van der Waals surface area contributed by atoms with Crippen molar-refractivity contribution in [3.05, 3.63) is 35.9 Å². The number of carboxylic acids is 1. The molecule has 0 unspecified atom stereocenters. The van der Waals surface area contributed by atoms with Gasteiger partial charge in [0.05, 0.1) is 31.3 Å². The van der Waals surface area contributed by atoms with Crippen molar-refractivity contribution in [3.8, 4) is 0 Å². The highest BCUT2D eigenvalue weighted by molar-refractivity contribution is 5.71. The molecule has 112 valence electrons. The highest BCUT2D eigenvalue weighted by atomic mass is 16.5. The molecule has 6 heteroatoms. The number of carboxylic acid groups (broad SMARTS) is 1. The van der Waals surface area contributed by atoms with Gasteiger partial charge in [-0.15, -0.1) is 0 Å². The normalized spacial score (nSPS) is 13.9. The Labute approximate surface area is 118 Å². The molecule has 0 aromatic heterocycles. The number of aliphatic hydroxyl groups is 1.